The van der Waals surface area contributed by atoms with E-state index in [1.54, 1.807) is 0 Å². The number of nitrogens with one attached hydrogen (secondary N) is 1. The molecule has 1 unspecified atom stereocenters. The van der Waals surface area contributed by atoms with E-state index in [1.165, 1.54) is 9.75 Å². The van der Waals surface area contributed by atoms with Crippen LogP contribution in [0.3, 0.4) is 0 Å². The highest BCUT2D eigenvalue weighted by molar-refractivity contribution is 7.86. The molecule has 0 bridgehead atoms. The number of hydrogen-bond donors (Lipinski definition) is 1. The third-order valence-corrected chi connectivity index (χ3v) is 5.18. The highest BCUT2D eigenvalue weighted by Crippen LogP contribution is 2.14. The Morgan fingerprint density at radius 3 is 2.56 bits per heavy atom. The first-order chi connectivity index (χ1) is 7.39. The molecule has 1 N–H and O–H groups in total. The molecule has 0 amide bonds. The van der Waals surface area contributed by atoms with Crippen molar-refractivity contribution in [1.82, 2.24) is 5.32 Å². The van der Waals surface area contributed by atoms with Gasteiger partial charge in [0.1, 0.15) is 0 Å². The first-order valence-electron chi connectivity index (χ1n) is 5.54. The minimum absolute atomic E-state index is 0.0960. The van der Waals surface area contributed by atoms with Gasteiger partial charge in [0.25, 0.3) is 0 Å². The van der Waals surface area contributed by atoms with E-state index in [1.807, 2.05) is 32.1 Å². The Kier molecular flexibility index (Phi) is 5.15. The minimum Gasteiger partial charge on any atom is -0.311 e. The molecule has 0 aliphatic heterocycles. The van der Waals surface area contributed by atoms with Crippen molar-refractivity contribution in [2.45, 2.75) is 39.0 Å². The summed E-state index contributed by atoms with van der Waals surface area (Å²) in [4.78, 5) is 2.69. The van der Waals surface area contributed by atoms with Crippen molar-refractivity contribution in [3.8, 4) is 0 Å². The zero-order valence-electron chi connectivity index (χ0n) is 10.5. The van der Waals surface area contributed by atoms with Crippen LogP contribution in [0.2, 0.25) is 0 Å². The molecule has 0 aromatic carbocycles. The maximum Gasteiger partial charge on any atom is 0.0375 e. The Labute approximate surface area is 105 Å². The van der Waals surface area contributed by atoms with E-state index in [-0.39, 0.29) is 4.75 Å². The van der Waals surface area contributed by atoms with Crippen molar-refractivity contribution in [1.29, 1.82) is 0 Å². The van der Waals surface area contributed by atoms with Gasteiger partial charge >= 0.3 is 0 Å². The van der Waals surface area contributed by atoms with E-state index >= 15 is 0 Å². The van der Waals surface area contributed by atoms with Crippen molar-refractivity contribution in [2.75, 3.05) is 12.3 Å². The average molecular weight is 259 g/mol. The van der Waals surface area contributed by atoms with Crippen LogP contribution in [-0.4, -0.2) is 21.3 Å². The van der Waals surface area contributed by atoms with Crippen LogP contribution in [0.1, 0.15) is 30.5 Å². The first-order valence-corrected chi connectivity index (χ1v) is 7.67. The second kappa shape index (κ2) is 5.94. The number of thiophene rings is 1. The third kappa shape index (κ3) is 4.76. The Bertz CT molecular complexity index is 352. The lowest BCUT2D eigenvalue weighted by Gasteiger charge is -2.17. The maximum atomic E-state index is 11.8. The Morgan fingerprint density at radius 1 is 1.38 bits per heavy atom. The fraction of sp³-hybridized carbons (Fsp3) is 0.667. The van der Waals surface area contributed by atoms with Crippen LogP contribution in [0.25, 0.3) is 0 Å². The van der Waals surface area contributed by atoms with Crippen LogP contribution in [0.5, 0.6) is 0 Å². The lowest BCUT2D eigenvalue weighted by Crippen LogP contribution is -2.29. The molecular weight excluding hydrogens is 238 g/mol. The fourth-order valence-corrected chi connectivity index (χ4v) is 3.06. The summed E-state index contributed by atoms with van der Waals surface area (Å²) >= 11 is 1.81. The molecule has 0 aliphatic rings. The molecule has 1 aromatic heterocycles. The topological polar surface area (TPSA) is 29.1 Å². The van der Waals surface area contributed by atoms with E-state index < -0.39 is 10.8 Å². The van der Waals surface area contributed by atoms with Crippen molar-refractivity contribution < 1.29 is 4.21 Å². The van der Waals surface area contributed by atoms with Gasteiger partial charge in [-0.15, -0.1) is 11.3 Å². The monoisotopic (exact) mass is 259 g/mol. The molecule has 0 aliphatic carbocycles. The van der Waals surface area contributed by atoms with Gasteiger partial charge in [-0.25, -0.2) is 0 Å². The maximum absolute atomic E-state index is 11.8. The van der Waals surface area contributed by atoms with Crippen molar-refractivity contribution in [2.24, 2.45) is 0 Å². The summed E-state index contributed by atoms with van der Waals surface area (Å²) in [7, 11) is -0.749. The average Bonchev–Trinajstić information content (AvgIpc) is 2.57. The highest BCUT2D eigenvalue weighted by Gasteiger charge is 2.18. The molecule has 0 saturated carbocycles. The molecule has 0 radical (unpaired) electrons. The summed E-state index contributed by atoms with van der Waals surface area (Å²) < 4.78 is 11.7. The normalized spacial score (nSPS) is 14.0. The Balaban J connectivity index is 2.20. The van der Waals surface area contributed by atoms with Gasteiger partial charge in [0.15, 0.2) is 0 Å². The van der Waals surface area contributed by atoms with Crippen molar-refractivity contribution in [3.05, 3.63) is 21.9 Å². The molecule has 1 rings (SSSR count). The van der Waals surface area contributed by atoms with Gasteiger partial charge in [0, 0.05) is 44.1 Å². The second-order valence-corrected chi connectivity index (χ2v) is 8.55. The molecule has 0 saturated heterocycles. The smallest absolute Gasteiger partial charge is 0.0375 e. The molecule has 1 atom stereocenters. The van der Waals surface area contributed by atoms with Gasteiger partial charge in [0.05, 0.1) is 0 Å². The van der Waals surface area contributed by atoms with E-state index in [9.17, 15) is 4.21 Å². The summed E-state index contributed by atoms with van der Waals surface area (Å²) in [5.74, 6) is 0.730. The summed E-state index contributed by atoms with van der Waals surface area (Å²) in [6, 6.07) is 4.28. The lowest BCUT2D eigenvalue weighted by atomic mass is 10.3. The van der Waals surface area contributed by atoms with E-state index in [0.717, 1.165) is 18.8 Å². The Morgan fingerprint density at radius 2 is 2.06 bits per heavy atom. The van der Waals surface area contributed by atoms with Crippen LogP contribution in [0.15, 0.2) is 12.1 Å². The van der Waals surface area contributed by atoms with Gasteiger partial charge in [0.2, 0.25) is 0 Å². The van der Waals surface area contributed by atoms with Crippen LogP contribution in [0.4, 0.5) is 0 Å². The van der Waals surface area contributed by atoms with Crippen molar-refractivity contribution >= 4 is 22.1 Å². The lowest BCUT2D eigenvalue weighted by molar-refractivity contribution is 0.641. The molecule has 0 spiro atoms. The largest absolute Gasteiger partial charge is 0.311 e. The van der Waals surface area contributed by atoms with Crippen LogP contribution in [0, 0.1) is 6.92 Å². The zero-order chi connectivity index (χ0) is 12.2. The SMILES string of the molecule is Cc1ccc(CNCCS(=O)C(C)(C)C)s1. The standard InChI is InChI=1S/C12H21NOS2/c1-10-5-6-11(15-10)9-13-7-8-16(14)12(2,3)4/h5-6,13H,7-9H2,1-4H3. The second-order valence-electron chi connectivity index (χ2n) is 4.85. The first kappa shape index (κ1) is 13.9. The summed E-state index contributed by atoms with van der Waals surface area (Å²) in [6.45, 7) is 9.88. The van der Waals surface area contributed by atoms with Crippen LogP contribution >= 0.6 is 11.3 Å². The predicted octanol–water partition coefficient (Wildman–Crippen LogP) is 2.69. The highest BCUT2D eigenvalue weighted by atomic mass is 32.2. The quantitative estimate of drug-likeness (QED) is 0.824. The van der Waals surface area contributed by atoms with Gasteiger partial charge in [-0.3, -0.25) is 4.21 Å². The summed E-state index contributed by atoms with van der Waals surface area (Å²) in [5.41, 5.74) is 0. The molecule has 2 nitrogen and oxygen atoms in total. The molecule has 16 heavy (non-hydrogen) atoms. The number of hydrogen-bond acceptors (Lipinski definition) is 3. The molecular formula is C12H21NOS2. The Hall–Kier alpha value is -0.190. The predicted molar refractivity (Wildman–Crippen MR) is 73.5 cm³/mol. The minimum atomic E-state index is -0.749. The van der Waals surface area contributed by atoms with E-state index in [4.69, 9.17) is 0 Å². The number of rotatable bonds is 5. The van der Waals surface area contributed by atoms with Gasteiger partial charge < -0.3 is 5.32 Å². The molecule has 1 aromatic rings. The van der Waals surface area contributed by atoms with Gasteiger partial charge in [-0.1, -0.05) is 0 Å². The third-order valence-electron chi connectivity index (χ3n) is 2.24. The van der Waals surface area contributed by atoms with Gasteiger partial charge in [-0.05, 0) is 39.8 Å². The van der Waals surface area contributed by atoms with Crippen LogP contribution in [-0.2, 0) is 17.3 Å². The number of aryl methyl sites for hydroxylation is 1. The zero-order valence-corrected chi connectivity index (χ0v) is 12.1. The molecule has 0 fully saturated rings. The van der Waals surface area contributed by atoms with Crippen LogP contribution < -0.4 is 5.32 Å². The van der Waals surface area contributed by atoms with Gasteiger partial charge in [-0.2, -0.15) is 0 Å². The molecule has 4 heteroatoms. The fourth-order valence-electron chi connectivity index (χ4n) is 1.26. The van der Waals surface area contributed by atoms with E-state index in [0.29, 0.717) is 0 Å². The molecule has 92 valence electrons. The van der Waals surface area contributed by atoms with E-state index in [2.05, 4.69) is 24.4 Å². The summed E-state index contributed by atoms with van der Waals surface area (Å²) in [5, 5.41) is 3.34. The summed E-state index contributed by atoms with van der Waals surface area (Å²) in [6.07, 6.45) is 0. The molecule has 1 heterocycles. The van der Waals surface area contributed by atoms with Crippen molar-refractivity contribution in [3.63, 3.8) is 0 Å².